The summed E-state index contributed by atoms with van der Waals surface area (Å²) in [6.45, 7) is 2.24. The van der Waals surface area contributed by atoms with E-state index in [9.17, 15) is 0 Å². The Balaban J connectivity index is 1.58. The second-order valence-corrected chi connectivity index (χ2v) is 8.32. The van der Waals surface area contributed by atoms with Gasteiger partial charge in [-0.25, -0.2) is 10.4 Å². The Morgan fingerprint density at radius 1 is 1.15 bits per heavy atom. The Labute approximate surface area is 165 Å². The van der Waals surface area contributed by atoms with Crippen LogP contribution < -0.4 is 10.7 Å². The quantitative estimate of drug-likeness (QED) is 0.367. The van der Waals surface area contributed by atoms with Crippen molar-refractivity contribution in [3.05, 3.63) is 5.69 Å². The summed E-state index contributed by atoms with van der Waals surface area (Å²) in [5.41, 5.74) is 3.79. The van der Waals surface area contributed by atoms with Gasteiger partial charge in [0.25, 0.3) is 0 Å². The number of aliphatic imine (C=N–C) groups is 1. The van der Waals surface area contributed by atoms with E-state index in [-0.39, 0.29) is 6.17 Å². The number of hydrazine groups is 1. The topological polar surface area (TPSA) is 57.5 Å². The van der Waals surface area contributed by atoms with Crippen LogP contribution in [0.1, 0.15) is 88.4 Å². The number of anilines is 1. The number of amidine groups is 1. The van der Waals surface area contributed by atoms with E-state index >= 15 is 0 Å². The van der Waals surface area contributed by atoms with Gasteiger partial charge in [-0.3, -0.25) is 9.58 Å². The third-order valence-corrected chi connectivity index (χ3v) is 6.31. The molecule has 6 nitrogen and oxygen atoms in total. The van der Waals surface area contributed by atoms with E-state index in [2.05, 4.69) is 27.2 Å². The van der Waals surface area contributed by atoms with E-state index in [1.807, 2.05) is 0 Å². The zero-order valence-corrected chi connectivity index (χ0v) is 16.9. The largest absolute Gasteiger partial charge is 0.339 e. The Bertz CT molecular complexity index is 667. The lowest BCUT2D eigenvalue weighted by Gasteiger charge is -2.34. The molecule has 3 bridgehead atoms. The highest BCUT2D eigenvalue weighted by Gasteiger charge is 2.38. The highest BCUT2D eigenvalue weighted by Crippen LogP contribution is 2.45. The van der Waals surface area contributed by atoms with Crippen molar-refractivity contribution >= 4 is 40.3 Å². The number of aromatic nitrogens is 2. The van der Waals surface area contributed by atoms with Crippen LogP contribution in [0.15, 0.2) is 4.99 Å². The molecule has 1 aliphatic carbocycles. The predicted octanol–water partition coefficient (Wildman–Crippen LogP) is 5.39. The van der Waals surface area contributed by atoms with Crippen LogP contribution in [0.3, 0.4) is 0 Å². The van der Waals surface area contributed by atoms with Crippen LogP contribution in [0.5, 0.6) is 0 Å². The highest BCUT2D eigenvalue weighted by molar-refractivity contribution is 6.65. The van der Waals surface area contributed by atoms with E-state index in [4.69, 9.17) is 28.2 Å². The lowest BCUT2D eigenvalue weighted by atomic mass is 10.1. The first-order valence-corrected chi connectivity index (χ1v) is 10.8. The summed E-state index contributed by atoms with van der Waals surface area (Å²) in [5.74, 6) is 1.71. The zero-order chi connectivity index (χ0) is 18.1. The van der Waals surface area contributed by atoms with Crippen molar-refractivity contribution in [1.82, 2.24) is 20.0 Å². The number of imidazole rings is 1. The fourth-order valence-corrected chi connectivity index (χ4v) is 4.81. The van der Waals surface area contributed by atoms with E-state index in [0.717, 1.165) is 43.1 Å². The molecule has 0 saturated heterocycles. The fourth-order valence-electron chi connectivity index (χ4n) is 4.24. The molecular formula is C18H28Cl2N6. The molecule has 0 spiro atoms. The lowest BCUT2D eigenvalue weighted by Crippen LogP contribution is -2.51. The summed E-state index contributed by atoms with van der Waals surface area (Å²) >= 11 is 13.2. The van der Waals surface area contributed by atoms with Gasteiger partial charge in [0.05, 0.1) is 6.17 Å². The maximum Gasteiger partial charge on any atom is 0.217 e. The first-order chi connectivity index (χ1) is 12.7. The summed E-state index contributed by atoms with van der Waals surface area (Å²) in [6, 6.07) is 0.431. The molecule has 0 amide bonds. The summed E-state index contributed by atoms with van der Waals surface area (Å²) < 4.78 is 2.24. The van der Waals surface area contributed by atoms with Crippen LogP contribution >= 0.6 is 23.2 Å². The molecule has 0 aromatic carbocycles. The number of halogens is 2. The van der Waals surface area contributed by atoms with Gasteiger partial charge in [-0.15, -0.1) is 0 Å². The van der Waals surface area contributed by atoms with E-state index < -0.39 is 5.50 Å². The number of nitrogens with zero attached hydrogens (tertiary/aromatic N) is 4. The van der Waals surface area contributed by atoms with Gasteiger partial charge in [-0.2, -0.15) is 4.99 Å². The number of unbranched alkanes of at least 4 members (excludes halogenated alkanes) is 4. The van der Waals surface area contributed by atoms with Crippen molar-refractivity contribution < 1.29 is 0 Å². The molecule has 2 unspecified atom stereocenters. The summed E-state index contributed by atoms with van der Waals surface area (Å²) in [6.07, 6.45) is 12.1. The van der Waals surface area contributed by atoms with Crippen LogP contribution in [0, 0.1) is 0 Å². The maximum absolute atomic E-state index is 6.70. The van der Waals surface area contributed by atoms with Crippen molar-refractivity contribution in [2.24, 2.45) is 4.99 Å². The molecular weight excluding hydrogens is 371 g/mol. The van der Waals surface area contributed by atoms with Gasteiger partial charge in [0.15, 0.2) is 11.3 Å². The van der Waals surface area contributed by atoms with Gasteiger partial charge in [0.2, 0.25) is 11.2 Å². The summed E-state index contributed by atoms with van der Waals surface area (Å²) in [4.78, 5) is 9.44. The molecule has 2 N–H and O–H groups in total. The first kappa shape index (κ1) is 18.4. The second-order valence-electron chi connectivity index (χ2n) is 7.57. The van der Waals surface area contributed by atoms with E-state index in [1.54, 1.807) is 5.01 Å². The van der Waals surface area contributed by atoms with Crippen molar-refractivity contribution in [2.75, 3.05) is 5.32 Å². The molecule has 1 aromatic heterocycles. The first-order valence-electron chi connectivity index (χ1n) is 10.0. The second kappa shape index (κ2) is 7.95. The number of hydrogen-bond donors (Lipinski definition) is 2. The fraction of sp³-hybridized carbons (Fsp3) is 0.778. The van der Waals surface area contributed by atoms with Gasteiger partial charge in [0.1, 0.15) is 5.69 Å². The average Bonchev–Trinajstić information content (AvgIpc) is 3.25. The molecule has 2 atom stereocenters. The minimum Gasteiger partial charge on any atom is -0.339 e. The number of rotatable bonds is 7. The van der Waals surface area contributed by atoms with Crippen molar-refractivity contribution in [3.8, 4) is 0 Å². The zero-order valence-electron chi connectivity index (χ0n) is 15.3. The Kier molecular flexibility index (Phi) is 5.62. The Morgan fingerprint density at radius 2 is 1.92 bits per heavy atom. The Morgan fingerprint density at radius 3 is 2.69 bits per heavy atom. The average molecular weight is 399 g/mol. The molecule has 1 saturated carbocycles. The molecule has 2 aliphatic heterocycles. The smallest absolute Gasteiger partial charge is 0.217 e. The third kappa shape index (κ3) is 3.43. The van der Waals surface area contributed by atoms with Crippen LogP contribution in [0.4, 0.5) is 11.8 Å². The maximum atomic E-state index is 6.70. The summed E-state index contributed by atoms with van der Waals surface area (Å²) in [7, 11) is 0. The van der Waals surface area contributed by atoms with Crippen molar-refractivity contribution in [3.63, 3.8) is 0 Å². The molecule has 3 heterocycles. The van der Waals surface area contributed by atoms with Gasteiger partial charge in [-0.05, 0) is 37.3 Å². The molecule has 144 valence electrons. The van der Waals surface area contributed by atoms with Crippen molar-refractivity contribution in [2.45, 2.75) is 88.8 Å². The SMILES string of the molecule is CCCCCCCC1Nc2nc3c(n2C2CCCC2)N=C(Cl)N(N1)C3Cl. The van der Waals surface area contributed by atoms with Crippen LogP contribution in [-0.2, 0) is 0 Å². The van der Waals surface area contributed by atoms with E-state index in [0.29, 0.717) is 11.3 Å². The van der Waals surface area contributed by atoms with Crippen LogP contribution in [0.2, 0.25) is 0 Å². The highest BCUT2D eigenvalue weighted by atomic mass is 35.5. The van der Waals surface area contributed by atoms with Crippen LogP contribution in [-0.4, -0.2) is 26.0 Å². The molecule has 26 heavy (non-hydrogen) atoms. The molecule has 0 radical (unpaired) electrons. The third-order valence-electron chi connectivity index (χ3n) is 5.65. The molecule has 8 heteroatoms. The number of hydrogen-bond acceptors (Lipinski definition) is 5. The lowest BCUT2D eigenvalue weighted by molar-refractivity contribution is 0.241. The number of fused-ring (bicyclic) bond motifs is 2. The molecule has 4 rings (SSSR count). The Hall–Kier alpha value is -0.980. The van der Waals surface area contributed by atoms with Crippen LogP contribution in [0.25, 0.3) is 0 Å². The molecule has 1 fully saturated rings. The minimum atomic E-state index is -0.430. The predicted molar refractivity (Wildman–Crippen MR) is 107 cm³/mol. The van der Waals surface area contributed by atoms with Crippen molar-refractivity contribution in [1.29, 1.82) is 0 Å². The van der Waals surface area contributed by atoms with Gasteiger partial charge >= 0.3 is 0 Å². The number of alkyl halides is 1. The summed E-state index contributed by atoms with van der Waals surface area (Å²) in [5, 5.41) is 5.73. The minimum absolute atomic E-state index is 0.0449. The van der Waals surface area contributed by atoms with E-state index in [1.165, 1.54) is 38.5 Å². The molecule has 1 aromatic rings. The van der Waals surface area contributed by atoms with Gasteiger partial charge < -0.3 is 5.32 Å². The normalized spacial score (nSPS) is 25.2. The van der Waals surface area contributed by atoms with Gasteiger partial charge in [0, 0.05) is 6.04 Å². The number of nitrogens with one attached hydrogen (secondary N) is 2. The molecule has 3 aliphatic rings. The standard InChI is InChI=1S/C18H28Cl2N6/c1-2-3-4-5-6-11-13-21-18-22-14-15(19)26(24-13)17(20)23-16(14)25(18)12-9-7-8-10-12/h12-13,15,24H,2-11H2,1H3,(H,21,22). The van der Waals surface area contributed by atoms with Gasteiger partial charge in [-0.1, -0.05) is 57.0 Å². The monoisotopic (exact) mass is 398 g/mol.